The van der Waals surface area contributed by atoms with Crippen molar-refractivity contribution in [3.8, 4) is 11.3 Å². The van der Waals surface area contributed by atoms with Crippen LogP contribution in [0.15, 0.2) is 24.3 Å². The van der Waals surface area contributed by atoms with Gasteiger partial charge in [-0.15, -0.1) is 0 Å². The molecule has 0 amide bonds. The molecule has 3 nitrogen and oxygen atoms in total. The highest BCUT2D eigenvalue weighted by Gasteiger charge is 2.08. The second kappa shape index (κ2) is 3.61. The second-order valence-corrected chi connectivity index (χ2v) is 4.24. The number of anilines is 1. The van der Waals surface area contributed by atoms with E-state index < -0.39 is 0 Å². The van der Waals surface area contributed by atoms with E-state index in [0.29, 0.717) is 5.82 Å². The van der Waals surface area contributed by atoms with E-state index in [2.05, 4.69) is 64.0 Å². The summed E-state index contributed by atoms with van der Waals surface area (Å²) in [4.78, 5) is 0. The number of rotatable bonds is 1. The van der Waals surface area contributed by atoms with Gasteiger partial charge in [-0.3, -0.25) is 5.10 Å². The Hall–Kier alpha value is -1.04. The van der Waals surface area contributed by atoms with Crippen LogP contribution in [0.2, 0.25) is 0 Å². The lowest BCUT2D eigenvalue weighted by Gasteiger charge is -1.99. The standard InChI is InChI=1S/C10H10IN3/c1-6-2-4-7(5-3-6)9-8(11)10(12)14-13-9/h2-5H,1H3,(H3,12,13,14). The zero-order valence-corrected chi connectivity index (χ0v) is 9.87. The van der Waals surface area contributed by atoms with E-state index in [1.54, 1.807) is 0 Å². The Kier molecular flexibility index (Phi) is 2.45. The van der Waals surface area contributed by atoms with Crippen molar-refractivity contribution in [2.75, 3.05) is 5.73 Å². The van der Waals surface area contributed by atoms with Gasteiger partial charge in [0.05, 0.1) is 9.26 Å². The molecular formula is C10H10IN3. The third-order valence-corrected chi connectivity index (χ3v) is 3.16. The summed E-state index contributed by atoms with van der Waals surface area (Å²) in [5, 5.41) is 6.89. The molecule has 0 aliphatic heterocycles. The SMILES string of the molecule is Cc1ccc(-c2[nH]nc(N)c2I)cc1. The molecule has 4 heteroatoms. The van der Waals surface area contributed by atoms with Crippen molar-refractivity contribution in [3.05, 3.63) is 33.4 Å². The average Bonchev–Trinajstić information content (AvgIpc) is 2.50. The van der Waals surface area contributed by atoms with E-state index in [9.17, 15) is 0 Å². The summed E-state index contributed by atoms with van der Waals surface area (Å²) in [5.41, 5.74) is 9.01. The number of halogens is 1. The number of aromatic amines is 1. The first-order valence-corrected chi connectivity index (χ1v) is 5.32. The number of nitrogens with two attached hydrogens (primary N) is 1. The summed E-state index contributed by atoms with van der Waals surface area (Å²) in [6.45, 7) is 2.07. The topological polar surface area (TPSA) is 54.7 Å². The Morgan fingerprint density at radius 2 is 1.93 bits per heavy atom. The van der Waals surface area contributed by atoms with Crippen molar-refractivity contribution >= 4 is 28.4 Å². The van der Waals surface area contributed by atoms with Gasteiger partial charge in [-0.05, 0) is 29.5 Å². The van der Waals surface area contributed by atoms with E-state index in [1.165, 1.54) is 5.56 Å². The number of nitrogens with one attached hydrogen (secondary N) is 1. The third kappa shape index (κ3) is 1.61. The minimum atomic E-state index is 0.557. The summed E-state index contributed by atoms with van der Waals surface area (Å²) in [5.74, 6) is 0.557. The summed E-state index contributed by atoms with van der Waals surface area (Å²) >= 11 is 2.19. The molecule has 1 aromatic carbocycles. The van der Waals surface area contributed by atoms with Gasteiger partial charge in [0.1, 0.15) is 0 Å². The van der Waals surface area contributed by atoms with Crippen LogP contribution in [0.4, 0.5) is 5.82 Å². The van der Waals surface area contributed by atoms with Crippen LogP contribution in [0.25, 0.3) is 11.3 Å². The molecule has 1 heterocycles. The maximum atomic E-state index is 5.66. The van der Waals surface area contributed by atoms with E-state index in [4.69, 9.17) is 5.73 Å². The third-order valence-electron chi connectivity index (χ3n) is 2.07. The molecule has 2 aromatic rings. The molecular weight excluding hydrogens is 289 g/mol. The molecule has 0 aliphatic rings. The molecule has 0 spiro atoms. The van der Waals surface area contributed by atoms with Crippen LogP contribution in [0, 0.1) is 10.5 Å². The number of aryl methyl sites for hydroxylation is 1. The van der Waals surface area contributed by atoms with Crippen molar-refractivity contribution in [1.29, 1.82) is 0 Å². The van der Waals surface area contributed by atoms with E-state index in [1.807, 2.05) is 0 Å². The fraction of sp³-hybridized carbons (Fsp3) is 0.100. The number of aromatic nitrogens is 2. The maximum Gasteiger partial charge on any atom is 0.159 e. The molecule has 0 fully saturated rings. The van der Waals surface area contributed by atoms with Gasteiger partial charge >= 0.3 is 0 Å². The maximum absolute atomic E-state index is 5.66. The van der Waals surface area contributed by atoms with Crippen LogP contribution in [0.3, 0.4) is 0 Å². The summed E-state index contributed by atoms with van der Waals surface area (Å²) in [7, 11) is 0. The van der Waals surface area contributed by atoms with Gasteiger partial charge in [0, 0.05) is 5.56 Å². The Morgan fingerprint density at radius 3 is 2.43 bits per heavy atom. The van der Waals surface area contributed by atoms with Crippen LogP contribution in [0.1, 0.15) is 5.56 Å². The molecule has 2 rings (SSSR count). The van der Waals surface area contributed by atoms with E-state index >= 15 is 0 Å². The molecule has 0 saturated heterocycles. The zero-order valence-electron chi connectivity index (χ0n) is 7.71. The number of hydrogen-bond acceptors (Lipinski definition) is 2. The van der Waals surface area contributed by atoms with Gasteiger partial charge in [0.2, 0.25) is 0 Å². The molecule has 1 aromatic heterocycles. The molecule has 0 bridgehead atoms. The van der Waals surface area contributed by atoms with Crippen LogP contribution in [-0.2, 0) is 0 Å². The van der Waals surface area contributed by atoms with Gasteiger partial charge in [0.15, 0.2) is 5.82 Å². The van der Waals surface area contributed by atoms with Gasteiger partial charge < -0.3 is 5.73 Å². The number of H-pyrrole nitrogens is 1. The first kappa shape index (κ1) is 9.51. The highest BCUT2D eigenvalue weighted by Crippen LogP contribution is 2.26. The van der Waals surface area contributed by atoms with Gasteiger partial charge in [-0.1, -0.05) is 29.8 Å². The van der Waals surface area contributed by atoms with Crippen molar-refractivity contribution < 1.29 is 0 Å². The van der Waals surface area contributed by atoms with Crippen molar-refractivity contribution in [1.82, 2.24) is 10.2 Å². The Labute approximate surface area is 95.9 Å². The average molecular weight is 299 g/mol. The molecule has 0 radical (unpaired) electrons. The van der Waals surface area contributed by atoms with Crippen LogP contribution < -0.4 is 5.73 Å². The summed E-state index contributed by atoms with van der Waals surface area (Å²) in [6, 6.07) is 8.26. The minimum Gasteiger partial charge on any atom is -0.381 e. The van der Waals surface area contributed by atoms with Crippen LogP contribution >= 0.6 is 22.6 Å². The minimum absolute atomic E-state index is 0.557. The largest absolute Gasteiger partial charge is 0.381 e. The number of hydrogen-bond donors (Lipinski definition) is 2. The fourth-order valence-electron chi connectivity index (χ4n) is 1.25. The van der Waals surface area contributed by atoms with Gasteiger partial charge in [-0.25, -0.2) is 0 Å². The molecule has 72 valence electrons. The first-order chi connectivity index (χ1) is 6.68. The Bertz CT molecular complexity index is 445. The van der Waals surface area contributed by atoms with E-state index in [0.717, 1.165) is 14.8 Å². The van der Waals surface area contributed by atoms with Gasteiger partial charge in [0.25, 0.3) is 0 Å². The van der Waals surface area contributed by atoms with Crippen molar-refractivity contribution in [2.45, 2.75) is 6.92 Å². The monoisotopic (exact) mass is 299 g/mol. The lowest BCUT2D eigenvalue weighted by Crippen LogP contribution is -1.86. The quantitative estimate of drug-likeness (QED) is 0.795. The molecule has 0 aliphatic carbocycles. The van der Waals surface area contributed by atoms with E-state index in [-0.39, 0.29) is 0 Å². The lowest BCUT2D eigenvalue weighted by molar-refractivity contribution is 1.10. The smallest absolute Gasteiger partial charge is 0.159 e. The zero-order chi connectivity index (χ0) is 10.1. The number of nitrogens with zero attached hydrogens (tertiary/aromatic N) is 1. The molecule has 14 heavy (non-hydrogen) atoms. The summed E-state index contributed by atoms with van der Waals surface area (Å²) in [6.07, 6.45) is 0. The summed E-state index contributed by atoms with van der Waals surface area (Å²) < 4.78 is 0.978. The van der Waals surface area contributed by atoms with Crippen LogP contribution in [0.5, 0.6) is 0 Å². The highest BCUT2D eigenvalue weighted by molar-refractivity contribution is 14.1. The molecule has 0 atom stereocenters. The molecule has 0 saturated carbocycles. The van der Waals surface area contributed by atoms with Gasteiger partial charge in [-0.2, -0.15) is 5.10 Å². The fourth-order valence-corrected chi connectivity index (χ4v) is 1.81. The first-order valence-electron chi connectivity index (χ1n) is 4.25. The predicted octanol–water partition coefficient (Wildman–Crippen LogP) is 2.57. The Balaban J connectivity index is 2.49. The van der Waals surface area contributed by atoms with Crippen molar-refractivity contribution in [2.24, 2.45) is 0 Å². The number of benzene rings is 1. The normalized spacial score (nSPS) is 10.4. The van der Waals surface area contributed by atoms with Crippen LogP contribution in [-0.4, -0.2) is 10.2 Å². The number of nitrogen functional groups attached to an aromatic ring is 1. The highest BCUT2D eigenvalue weighted by atomic mass is 127. The predicted molar refractivity (Wildman–Crippen MR) is 65.9 cm³/mol. The Morgan fingerprint density at radius 1 is 1.29 bits per heavy atom. The van der Waals surface area contributed by atoms with Crippen molar-refractivity contribution in [3.63, 3.8) is 0 Å². The molecule has 3 N–H and O–H groups in total. The lowest BCUT2D eigenvalue weighted by atomic mass is 10.1. The second-order valence-electron chi connectivity index (χ2n) is 3.16. The molecule has 0 unspecified atom stereocenters.